The van der Waals surface area contributed by atoms with Crippen LogP contribution in [0.5, 0.6) is 0 Å². The van der Waals surface area contributed by atoms with E-state index >= 15 is 0 Å². The molecule has 15 heavy (non-hydrogen) atoms. The average Bonchev–Trinajstić information content (AvgIpc) is 2.23. The summed E-state index contributed by atoms with van der Waals surface area (Å²) in [5, 5.41) is 8.98. The smallest absolute Gasteiger partial charge is 0.101 e. The maximum absolute atomic E-state index is 8.98. The van der Waals surface area contributed by atoms with Crippen molar-refractivity contribution in [1.29, 1.82) is 5.26 Å². The van der Waals surface area contributed by atoms with Gasteiger partial charge >= 0.3 is 0 Å². The van der Waals surface area contributed by atoms with Crippen LogP contribution >= 0.6 is 0 Å². The van der Waals surface area contributed by atoms with Crippen molar-refractivity contribution in [3.63, 3.8) is 0 Å². The first kappa shape index (κ1) is 10.1. The summed E-state index contributed by atoms with van der Waals surface area (Å²) in [4.78, 5) is 6.70. The second kappa shape index (κ2) is 4.41. The Labute approximate surface area is 90.4 Å². The molecule has 78 valence electrons. The van der Waals surface area contributed by atoms with Crippen molar-refractivity contribution < 1.29 is 0 Å². The minimum atomic E-state index is 0.732. The van der Waals surface area contributed by atoms with Gasteiger partial charge in [-0.05, 0) is 37.6 Å². The first-order chi connectivity index (χ1) is 7.33. The van der Waals surface area contributed by atoms with Gasteiger partial charge in [-0.1, -0.05) is 6.92 Å². The van der Waals surface area contributed by atoms with Gasteiger partial charge in [0.25, 0.3) is 0 Å². The van der Waals surface area contributed by atoms with E-state index in [2.05, 4.69) is 16.0 Å². The van der Waals surface area contributed by atoms with E-state index in [4.69, 9.17) is 5.26 Å². The molecule has 0 amide bonds. The fraction of sp³-hybridized carbons (Fsp3) is 0.500. The third-order valence-electron chi connectivity index (χ3n) is 2.84. The molecule has 2 rings (SSSR count). The molecule has 3 nitrogen and oxygen atoms in total. The van der Waals surface area contributed by atoms with E-state index in [9.17, 15) is 0 Å². The van der Waals surface area contributed by atoms with Crippen LogP contribution < -0.4 is 0 Å². The van der Waals surface area contributed by atoms with Crippen molar-refractivity contribution in [2.24, 2.45) is 0 Å². The molecule has 0 aliphatic carbocycles. The molecule has 0 atom stereocenters. The largest absolute Gasteiger partial charge is 0.299 e. The van der Waals surface area contributed by atoms with Gasteiger partial charge in [-0.3, -0.25) is 9.88 Å². The summed E-state index contributed by atoms with van der Waals surface area (Å²) in [6.07, 6.45) is 4.02. The molecule has 1 aliphatic heterocycles. The van der Waals surface area contributed by atoms with E-state index in [0.717, 1.165) is 29.8 Å². The summed E-state index contributed by atoms with van der Waals surface area (Å²) in [5.74, 6) is 0. The molecule has 0 saturated carbocycles. The molecule has 1 fully saturated rings. The Balaban J connectivity index is 2.15. The average molecular weight is 201 g/mol. The van der Waals surface area contributed by atoms with Crippen molar-refractivity contribution in [3.05, 3.63) is 29.1 Å². The van der Waals surface area contributed by atoms with Crippen molar-refractivity contribution in [1.82, 2.24) is 9.88 Å². The summed E-state index contributed by atoms with van der Waals surface area (Å²) in [5.41, 5.74) is 2.80. The zero-order valence-electron chi connectivity index (χ0n) is 9.03. The molecule has 1 aromatic heterocycles. The highest BCUT2D eigenvalue weighted by molar-refractivity contribution is 5.35. The predicted molar refractivity (Wildman–Crippen MR) is 58.2 cm³/mol. The van der Waals surface area contributed by atoms with Crippen molar-refractivity contribution in [3.8, 4) is 6.07 Å². The van der Waals surface area contributed by atoms with Gasteiger partial charge in [-0.2, -0.15) is 5.26 Å². The first-order valence-electron chi connectivity index (χ1n) is 5.43. The van der Waals surface area contributed by atoms with Crippen molar-refractivity contribution >= 4 is 0 Å². The third-order valence-corrected chi connectivity index (χ3v) is 2.84. The molecular weight excluding hydrogens is 186 g/mol. The Kier molecular flexibility index (Phi) is 2.98. The van der Waals surface area contributed by atoms with Crippen molar-refractivity contribution in [2.45, 2.75) is 26.3 Å². The number of pyridine rings is 1. The van der Waals surface area contributed by atoms with E-state index in [1.54, 1.807) is 0 Å². The summed E-state index contributed by atoms with van der Waals surface area (Å²) >= 11 is 0. The van der Waals surface area contributed by atoms with Crippen LogP contribution in [0.3, 0.4) is 0 Å². The highest BCUT2D eigenvalue weighted by Gasteiger charge is 2.14. The van der Waals surface area contributed by atoms with Gasteiger partial charge < -0.3 is 0 Å². The lowest BCUT2D eigenvalue weighted by Gasteiger charge is -2.30. The van der Waals surface area contributed by atoms with Crippen LogP contribution in [0.4, 0.5) is 0 Å². The van der Waals surface area contributed by atoms with Gasteiger partial charge in [0.15, 0.2) is 0 Å². The summed E-state index contributed by atoms with van der Waals surface area (Å²) in [7, 11) is 0. The van der Waals surface area contributed by atoms with Crippen LogP contribution in [0.25, 0.3) is 0 Å². The lowest BCUT2D eigenvalue weighted by atomic mass is 10.1. The zero-order valence-corrected chi connectivity index (χ0v) is 9.03. The fourth-order valence-electron chi connectivity index (χ4n) is 1.80. The summed E-state index contributed by atoms with van der Waals surface area (Å²) in [6.45, 7) is 5.32. The number of nitrogens with zero attached hydrogens (tertiary/aromatic N) is 3. The molecule has 0 N–H and O–H groups in total. The minimum Gasteiger partial charge on any atom is -0.299 e. The van der Waals surface area contributed by atoms with Crippen LogP contribution in [-0.4, -0.2) is 23.0 Å². The number of aryl methyl sites for hydroxylation is 1. The van der Waals surface area contributed by atoms with Crippen LogP contribution in [0, 0.1) is 11.3 Å². The third kappa shape index (κ3) is 2.16. The van der Waals surface area contributed by atoms with Gasteiger partial charge in [-0.25, -0.2) is 0 Å². The molecule has 0 bridgehead atoms. The topological polar surface area (TPSA) is 39.9 Å². The molecule has 1 aromatic rings. The number of likely N-dealkylation sites (tertiary alicyclic amines) is 1. The lowest BCUT2D eigenvalue weighted by molar-refractivity contribution is 0.172. The molecule has 0 aromatic carbocycles. The van der Waals surface area contributed by atoms with Gasteiger partial charge in [0.1, 0.15) is 6.07 Å². The second-order valence-electron chi connectivity index (χ2n) is 3.93. The van der Waals surface area contributed by atoms with Crippen LogP contribution in [0.15, 0.2) is 12.3 Å². The first-order valence-corrected chi connectivity index (χ1v) is 5.43. The van der Waals surface area contributed by atoms with Crippen LogP contribution in [0.1, 0.15) is 30.2 Å². The number of hydrogen-bond acceptors (Lipinski definition) is 3. The van der Waals surface area contributed by atoms with Crippen LogP contribution in [0.2, 0.25) is 0 Å². The lowest BCUT2D eigenvalue weighted by Crippen LogP contribution is -2.36. The Bertz CT molecular complexity index is 388. The van der Waals surface area contributed by atoms with Gasteiger partial charge in [0, 0.05) is 12.7 Å². The molecule has 2 heterocycles. The molecule has 1 saturated heterocycles. The Morgan fingerprint density at radius 2 is 2.33 bits per heavy atom. The van der Waals surface area contributed by atoms with E-state index in [0.29, 0.717) is 0 Å². The highest BCUT2D eigenvalue weighted by Crippen LogP contribution is 2.14. The summed E-state index contributed by atoms with van der Waals surface area (Å²) < 4.78 is 0. The molecule has 3 heteroatoms. The van der Waals surface area contributed by atoms with E-state index < -0.39 is 0 Å². The maximum Gasteiger partial charge on any atom is 0.101 e. The Morgan fingerprint density at radius 3 is 2.87 bits per heavy atom. The zero-order chi connectivity index (χ0) is 10.7. The van der Waals surface area contributed by atoms with Gasteiger partial charge in [0.05, 0.1) is 11.3 Å². The Morgan fingerprint density at radius 1 is 1.53 bits per heavy atom. The minimum absolute atomic E-state index is 0.732. The van der Waals surface area contributed by atoms with Gasteiger partial charge in [0.2, 0.25) is 0 Å². The molecule has 0 radical (unpaired) electrons. The van der Waals surface area contributed by atoms with Crippen LogP contribution in [-0.2, 0) is 13.0 Å². The number of aromatic nitrogens is 1. The number of hydrogen-bond donors (Lipinski definition) is 0. The SMILES string of the molecule is CCc1ncc(CN2CCC2)cc1C#N. The Hall–Kier alpha value is -1.40. The second-order valence-corrected chi connectivity index (χ2v) is 3.93. The predicted octanol–water partition coefficient (Wildman–Crippen LogP) is 1.72. The number of rotatable bonds is 3. The maximum atomic E-state index is 8.98. The normalized spacial score (nSPS) is 15.7. The molecular formula is C12H15N3. The summed E-state index contributed by atoms with van der Waals surface area (Å²) in [6, 6.07) is 4.19. The van der Waals surface area contributed by atoms with E-state index in [-0.39, 0.29) is 0 Å². The number of nitriles is 1. The fourth-order valence-corrected chi connectivity index (χ4v) is 1.80. The highest BCUT2D eigenvalue weighted by atomic mass is 15.2. The van der Waals surface area contributed by atoms with E-state index in [1.807, 2.05) is 19.2 Å². The molecule has 0 spiro atoms. The molecule has 0 unspecified atom stereocenters. The quantitative estimate of drug-likeness (QED) is 0.747. The van der Waals surface area contributed by atoms with Gasteiger partial charge in [-0.15, -0.1) is 0 Å². The monoisotopic (exact) mass is 201 g/mol. The molecule has 1 aliphatic rings. The standard InChI is InChI=1S/C12H15N3/c1-2-12-11(7-13)6-10(8-14-12)9-15-4-3-5-15/h6,8H,2-5,9H2,1H3. The van der Waals surface area contributed by atoms with Crippen molar-refractivity contribution in [2.75, 3.05) is 13.1 Å². The van der Waals surface area contributed by atoms with E-state index in [1.165, 1.54) is 19.5 Å².